The van der Waals surface area contributed by atoms with Crippen molar-refractivity contribution in [3.05, 3.63) is 97.2 Å². The van der Waals surface area contributed by atoms with Crippen LogP contribution in [0.3, 0.4) is 0 Å². The Hall–Kier alpha value is -3.67. The summed E-state index contributed by atoms with van der Waals surface area (Å²) in [7, 11) is 0. The second kappa shape index (κ2) is 69.8. The number of unbranched alkanes of at least 4 members (excludes halogenated alkanes) is 37. The first-order valence-corrected chi connectivity index (χ1v) is 35.2. The molecule has 0 spiro atoms. The lowest BCUT2D eigenvalue weighted by Gasteiger charge is -2.18. The number of carbonyl (C=O) groups is 3. The zero-order valence-electron chi connectivity index (χ0n) is 54.2. The molecule has 0 fully saturated rings. The number of hydrogen-bond acceptors (Lipinski definition) is 6. The second-order valence-corrected chi connectivity index (χ2v) is 23.4. The molecule has 0 aromatic heterocycles. The molecule has 0 saturated heterocycles. The summed E-state index contributed by atoms with van der Waals surface area (Å²) in [6.07, 6.45) is 94.5. The molecule has 0 aliphatic carbocycles. The van der Waals surface area contributed by atoms with Crippen LogP contribution in [-0.2, 0) is 28.6 Å². The molecule has 0 aromatic rings. The predicted octanol–water partition coefficient (Wildman–Crippen LogP) is 24.4. The maximum absolute atomic E-state index is 12.9. The van der Waals surface area contributed by atoms with Crippen LogP contribution in [0.25, 0.3) is 0 Å². The normalized spacial score (nSPS) is 12.7. The summed E-state index contributed by atoms with van der Waals surface area (Å²) in [5, 5.41) is 0. The maximum Gasteiger partial charge on any atom is 0.306 e. The summed E-state index contributed by atoms with van der Waals surface area (Å²) in [4.78, 5) is 38.3. The lowest BCUT2D eigenvalue weighted by Crippen LogP contribution is -2.30. The predicted molar refractivity (Wildman–Crippen MR) is 357 cm³/mol. The van der Waals surface area contributed by atoms with E-state index in [2.05, 4.69) is 118 Å². The molecular weight excluding hydrogens is 1010 g/mol. The first-order chi connectivity index (χ1) is 40.5. The molecule has 0 radical (unpaired) electrons. The molecule has 82 heavy (non-hydrogen) atoms. The van der Waals surface area contributed by atoms with Crippen molar-refractivity contribution in [2.24, 2.45) is 0 Å². The number of allylic oxidation sites excluding steroid dienone is 16. The fraction of sp³-hybridized carbons (Fsp3) is 0.750. The summed E-state index contributed by atoms with van der Waals surface area (Å²) in [5.74, 6) is -0.901. The Balaban J connectivity index is 4.23. The van der Waals surface area contributed by atoms with Gasteiger partial charge in [-0.1, -0.05) is 330 Å². The third-order valence-electron chi connectivity index (χ3n) is 15.3. The molecule has 0 bridgehead atoms. The monoisotopic (exact) mass is 1140 g/mol. The number of hydrogen-bond donors (Lipinski definition) is 0. The Morgan fingerprint density at radius 2 is 0.500 bits per heavy atom. The van der Waals surface area contributed by atoms with Crippen molar-refractivity contribution < 1.29 is 28.6 Å². The summed E-state index contributed by atoms with van der Waals surface area (Å²) < 4.78 is 16.9. The second-order valence-electron chi connectivity index (χ2n) is 23.4. The highest BCUT2D eigenvalue weighted by molar-refractivity contribution is 5.71. The highest BCUT2D eigenvalue weighted by atomic mass is 16.6. The van der Waals surface area contributed by atoms with Crippen molar-refractivity contribution in [1.29, 1.82) is 0 Å². The van der Waals surface area contributed by atoms with Crippen LogP contribution in [0.15, 0.2) is 97.2 Å². The third-order valence-corrected chi connectivity index (χ3v) is 15.3. The quantitative estimate of drug-likeness (QED) is 0.0261. The van der Waals surface area contributed by atoms with E-state index >= 15 is 0 Å². The highest BCUT2D eigenvalue weighted by Gasteiger charge is 2.19. The van der Waals surface area contributed by atoms with Gasteiger partial charge in [-0.2, -0.15) is 0 Å². The van der Waals surface area contributed by atoms with Crippen LogP contribution in [0.5, 0.6) is 0 Å². The van der Waals surface area contributed by atoms with Gasteiger partial charge in [-0.15, -0.1) is 0 Å². The number of rotatable bonds is 64. The van der Waals surface area contributed by atoms with E-state index in [1.807, 2.05) is 0 Å². The van der Waals surface area contributed by atoms with Crippen molar-refractivity contribution in [2.45, 2.75) is 354 Å². The summed E-state index contributed by atoms with van der Waals surface area (Å²) in [6.45, 7) is 6.48. The Bertz CT molecular complexity index is 1590. The van der Waals surface area contributed by atoms with Crippen molar-refractivity contribution >= 4 is 17.9 Å². The molecule has 0 N–H and O–H groups in total. The average molecular weight is 1140 g/mol. The van der Waals surface area contributed by atoms with E-state index < -0.39 is 6.10 Å². The van der Waals surface area contributed by atoms with Crippen molar-refractivity contribution in [3.63, 3.8) is 0 Å². The van der Waals surface area contributed by atoms with Crippen molar-refractivity contribution in [2.75, 3.05) is 13.2 Å². The molecule has 1 atom stereocenters. The van der Waals surface area contributed by atoms with E-state index in [9.17, 15) is 14.4 Å². The van der Waals surface area contributed by atoms with E-state index in [0.29, 0.717) is 19.3 Å². The zero-order valence-corrected chi connectivity index (χ0v) is 54.2. The molecular formula is C76H132O6. The van der Waals surface area contributed by atoms with Crippen LogP contribution >= 0.6 is 0 Å². The Morgan fingerprint density at radius 1 is 0.256 bits per heavy atom. The first-order valence-electron chi connectivity index (χ1n) is 35.2. The van der Waals surface area contributed by atoms with Gasteiger partial charge in [0, 0.05) is 19.3 Å². The van der Waals surface area contributed by atoms with Gasteiger partial charge in [0.1, 0.15) is 13.2 Å². The standard InChI is InChI=1S/C76H132O6/c1-4-7-10-13-16-19-22-24-26-28-30-32-34-36-38-40-42-44-46-48-50-52-54-57-60-63-66-69-75(78)81-72-73(71-80-74(77)68-65-62-59-56-21-18-15-12-9-6-3)82-76(79)70-67-64-61-58-55-53-51-49-47-45-43-41-39-37-35-33-31-29-27-25-23-20-17-14-11-8-5-2/h7,10,12,15-16,19,24,26,30,32,36,38,42,44,48,50,73H,4-6,8-9,11,13-14,17-18,20-23,25,27-29,31,33-35,37,39-41,43,45-47,49,51-72H2,1-3H3/b10-7-,15-12-,19-16-,26-24-,32-30-,38-36-,44-42-,50-48-. The minimum atomic E-state index is -0.789. The van der Waals surface area contributed by atoms with Gasteiger partial charge >= 0.3 is 17.9 Å². The van der Waals surface area contributed by atoms with Crippen LogP contribution in [0.1, 0.15) is 348 Å². The molecule has 6 nitrogen and oxygen atoms in total. The van der Waals surface area contributed by atoms with Gasteiger partial charge in [-0.3, -0.25) is 14.4 Å². The van der Waals surface area contributed by atoms with E-state index in [1.165, 1.54) is 173 Å². The number of esters is 3. The van der Waals surface area contributed by atoms with Crippen LogP contribution < -0.4 is 0 Å². The minimum Gasteiger partial charge on any atom is -0.462 e. The van der Waals surface area contributed by atoms with E-state index in [0.717, 1.165) is 135 Å². The van der Waals surface area contributed by atoms with Crippen LogP contribution in [-0.4, -0.2) is 37.2 Å². The molecule has 0 amide bonds. The van der Waals surface area contributed by atoms with Gasteiger partial charge in [0.25, 0.3) is 0 Å². The van der Waals surface area contributed by atoms with Gasteiger partial charge < -0.3 is 14.2 Å². The van der Waals surface area contributed by atoms with Gasteiger partial charge in [0.05, 0.1) is 0 Å². The smallest absolute Gasteiger partial charge is 0.306 e. The fourth-order valence-electron chi connectivity index (χ4n) is 10.1. The van der Waals surface area contributed by atoms with Gasteiger partial charge in [-0.05, 0) is 96.3 Å². The van der Waals surface area contributed by atoms with Crippen molar-refractivity contribution in [1.82, 2.24) is 0 Å². The van der Waals surface area contributed by atoms with Gasteiger partial charge in [0.2, 0.25) is 0 Å². The molecule has 0 heterocycles. The minimum absolute atomic E-state index is 0.0860. The Kier molecular flexibility index (Phi) is 66.7. The molecule has 0 aliphatic rings. The molecule has 0 aromatic carbocycles. The number of ether oxygens (including phenoxy) is 3. The first kappa shape index (κ1) is 78.3. The summed E-state index contributed by atoms with van der Waals surface area (Å²) >= 11 is 0. The molecule has 1 unspecified atom stereocenters. The maximum atomic E-state index is 12.9. The third kappa shape index (κ3) is 67.1. The van der Waals surface area contributed by atoms with E-state index in [1.54, 1.807) is 0 Å². The molecule has 0 aliphatic heterocycles. The van der Waals surface area contributed by atoms with Crippen LogP contribution in [0.4, 0.5) is 0 Å². The number of carbonyl (C=O) groups excluding carboxylic acids is 3. The molecule has 472 valence electrons. The summed E-state index contributed by atoms with van der Waals surface area (Å²) in [5.41, 5.74) is 0. The average Bonchev–Trinajstić information content (AvgIpc) is 3.48. The van der Waals surface area contributed by atoms with Crippen LogP contribution in [0, 0.1) is 0 Å². The van der Waals surface area contributed by atoms with Crippen molar-refractivity contribution in [3.8, 4) is 0 Å². The van der Waals surface area contributed by atoms with Gasteiger partial charge in [0.15, 0.2) is 6.10 Å². The zero-order chi connectivity index (χ0) is 59.2. The topological polar surface area (TPSA) is 78.9 Å². The van der Waals surface area contributed by atoms with E-state index in [-0.39, 0.29) is 31.1 Å². The SMILES string of the molecule is CC/C=C\C/C=C\C/C=C\C/C=C\C/C=C\C/C=C\C/C=C\CCCCCCCC(=O)OCC(COC(=O)CCCCCCC/C=C\CCC)OC(=O)CCCCCCCCCCCCCCCCCCCCCCCCCCCCC. The molecule has 6 heteroatoms. The fourth-order valence-corrected chi connectivity index (χ4v) is 10.1. The van der Waals surface area contributed by atoms with Crippen LogP contribution in [0.2, 0.25) is 0 Å². The largest absolute Gasteiger partial charge is 0.462 e. The van der Waals surface area contributed by atoms with E-state index in [4.69, 9.17) is 14.2 Å². The summed E-state index contributed by atoms with van der Waals surface area (Å²) in [6, 6.07) is 0. The van der Waals surface area contributed by atoms with Gasteiger partial charge in [-0.25, -0.2) is 0 Å². The lowest BCUT2D eigenvalue weighted by molar-refractivity contribution is -0.167. The lowest BCUT2D eigenvalue weighted by atomic mass is 10.0. The Labute approximate surface area is 508 Å². The molecule has 0 saturated carbocycles. The molecule has 0 rings (SSSR count). The Morgan fingerprint density at radius 3 is 0.805 bits per heavy atom. The highest BCUT2D eigenvalue weighted by Crippen LogP contribution is 2.18.